The second kappa shape index (κ2) is 23.9. The van der Waals surface area contributed by atoms with Crippen LogP contribution in [0.2, 0.25) is 0 Å². The summed E-state index contributed by atoms with van der Waals surface area (Å²) in [6, 6.07) is 0. The van der Waals surface area contributed by atoms with E-state index in [0.29, 0.717) is 0 Å². The molecule has 0 heterocycles. The second-order valence-corrected chi connectivity index (χ2v) is 2.01. The normalized spacial score (nSPS) is 11.7. The van der Waals surface area contributed by atoms with Crippen molar-refractivity contribution < 1.29 is 26.2 Å². The third-order valence-electron chi connectivity index (χ3n) is 1.17. The Morgan fingerprint density at radius 3 is 1.13 bits per heavy atom. The Hall–Kier alpha value is 0.423. The van der Waals surface area contributed by atoms with E-state index >= 15 is 0 Å². The number of allylic oxidation sites excluding steroid dienone is 8. The van der Waals surface area contributed by atoms with Crippen LogP contribution in [0, 0.1) is 27.0 Å². The average Bonchev–Trinajstić information content (AvgIpc) is 2.67. The largest absolute Gasteiger partial charge is 4.00 e. The van der Waals surface area contributed by atoms with E-state index in [1.165, 1.54) is 0 Å². The summed E-state index contributed by atoms with van der Waals surface area (Å²) in [5.74, 6) is 0. The van der Waals surface area contributed by atoms with Gasteiger partial charge in [-0.25, -0.2) is 24.3 Å². The molecule has 0 fully saturated rings. The molecular weight excluding hydrogens is 306 g/mol. The summed E-state index contributed by atoms with van der Waals surface area (Å²) in [6.45, 7) is 0. The van der Waals surface area contributed by atoms with Crippen molar-refractivity contribution in [3.8, 4) is 0 Å². The molecule has 0 bridgehead atoms. The zero-order chi connectivity index (χ0) is 7.07. The van der Waals surface area contributed by atoms with E-state index in [9.17, 15) is 0 Å². The molecule has 0 spiro atoms. The first-order chi connectivity index (χ1) is 5.00. The summed E-state index contributed by atoms with van der Waals surface area (Å²) >= 11 is 0. The van der Waals surface area contributed by atoms with Crippen molar-refractivity contribution in [2.24, 2.45) is 0 Å². The van der Waals surface area contributed by atoms with E-state index in [2.05, 4.69) is 24.3 Å². The van der Waals surface area contributed by atoms with Gasteiger partial charge < -0.3 is 14.9 Å². The Morgan fingerprint density at radius 2 is 1.07 bits per heavy atom. The molecule has 2 aliphatic carbocycles. The van der Waals surface area contributed by atoms with Gasteiger partial charge >= 0.3 is 26.2 Å². The quantitative estimate of drug-likeness (QED) is 0.581. The van der Waals surface area contributed by atoms with E-state index in [4.69, 9.17) is 0 Å². The van der Waals surface area contributed by atoms with Crippen LogP contribution in [0.25, 0.3) is 0 Å². The molecule has 0 atom stereocenters. The minimum absolute atomic E-state index is 0. The molecule has 2 rings (SSSR count). The molecule has 0 unspecified atom stereocenters. The van der Waals surface area contributed by atoms with Crippen molar-refractivity contribution in [2.45, 2.75) is 12.8 Å². The van der Waals surface area contributed by atoms with Gasteiger partial charge in [-0.1, -0.05) is 0 Å². The Kier molecular flexibility index (Phi) is 47.1. The first-order valence-corrected chi connectivity index (χ1v) is 3.43. The van der Waals surface area contributed by atoms with Crippen molar-refractivity contribution in [3.63, 3.8) is 0 Å². The van der Waals surface area contributed by atoms with Gasteiger partial charge in [0.05, 0.1) is 0 Å². The predicted molar refractivity (Wildman–Crippen MR) is 70.5 cm³/mol. The summed E-state index contributed by atoms with van der Waals surface area (Å²) in [5.41, 5.74) is 0. The van der Waals surface area contributed by atoms with Gasteiger partial charge in [0.1, 0.15) is 0 Å². The van der Waals surface area contributed by atoms with Crippen LogP contribution < -0.4 is 0 Å². The number of hydrogen-bond acceptors (Lipinski definition) is 0. The molecule has 3 heteroatoms. The van der Waals surface area contributed by atoms with E-state index in [1.54, 1.807) is 0 Å². The van der Waals surface area contributed by atoms with Crippen LogP contribution in [0.4, 0.5) is 0 Å². The Balaban J connectivity index is -0.0000000333. The molecule has 0 saturated carbocycles. The van der Waals surface area contributed by atoms with Gasteiger partial charge in [0.15, 0.2) is 0 Å². The Bertz CT molecular complexity index is 152. The van der Waals surface area contributed by atoms with E-state index in [0.717, 1.165) is 12.8 Å². The van der Waals surface area contributed by atoms with Crippen LogP contribution in [-0.2, 0) is 26.2 Å². The Morgan fingerprint density at radius 1 is 0.733 bits per heavy atom. The van der Waals surface area contributed by atoms with Crippen LogP contribution in [0.15, 0.2) is 36.5 Å². The van der Waals surface area contributed by atoms with Crippen molar-refractivity contribution in [1.29, 1.82) is 0 Å². The van der Waals surface area contributed by atoms with Gasteiger partial charge in [0.2, 0.25) is 0 Å². The first kappa shape index (κ1) is 29.5. The minimum Gasteiger partial charge on any atom is -0.358 e. The van der Waals surface area contributed by atoms with Crippen LogP contribution in [0.3, 0.4) is 0 Å². The summed E-state index contributed by atoms with van der Waals surface area (Å²) in [7, 11) is 0. The molecule has 0 nitrogen and oxygen atoms in total. The molecule has 15 heavy (non-hydrogen) atoms. The van der Waals surface area contributed by atoms with Crippen molar-refractivity contribution >= 4 is 24.8 Å². The molecule has 0 N–H and O–H groups in total. The van der Waals surface area contributed by atoms with Gasteiger partial charge in [-0.15, -0.1) is 37.7 Å². The SMILES string of the molecule is Cl.Cl.[C-]1=CC=CC1.[C-]1=CC=CC1.[CH3-].[CH3-].[Zr+4]. The minimum atomic E-state index is 0. The standard InChI is InChI=1S/2C5H5.2CH3.2ClH.Zr/c2*1-2-4-5-3-1;;;;;/h2*1-3H,4H2;2*1H3;2*1H;/q4*-1;;;+4. The smallest absolute Gasteiger partial charge is 0.358 e. The molecule has 2 aliphatic rings. The number of halogens is 2. The molecular formula is C12H18Cl2Zr. The average molecular weight is 324 g/mol. The molecule has 0 aromatic heterocycles. The van der Waals surface area contributed by atoms with Gasteiger partial charge in [0, 0.05) is 0 Å². The fraction of sp³-hybridized carbons (Fsp3) is 0.167. The van der Waals surface area contributed by atoms with Crippen molar-refractivity contribution in [1.82, 2.24) is 0 Å². The van der Waals surface area contributed by atoms with Crippen LogP contribution >= 0.6 is 24.8 Å². The van der Waals surface area contributed by atoms with Crippen LogP contribution in [0.1, 0.15) is 12.8 Å². The number of rotatable bonds is 0. The third-order valence-corrected chi connectivity index (χ3v) is 1.17. The fourth-order valence-corrected chi connectivity index (χ4v) is 0.680. The summed E-state index contributed by atoms with van der Waals surface area (Å²) < 4.78 is 0. The van der Waals surface area contributed by atoms with Crippen molar-refractivity contribution in [3.05, 3.63) is 63.5 Å². The molecule has 0 amide bonds. The fourth-order valence-electron chi connectivity index (χ4n) is 0.680. The van der Waals surface area contributed by atoms with Crippen LogP contribution in [0.5, 0.6) is 0 Å². The molecule has 84 valence electrons. The second-order valence-electron chi connectivity index (χ2n) is 2.01. The molecule has 0 aromatic carbocycles. The zero-order valence-electron chi connectivity index (χ0n) is 9.19. The first-order valence-electron chi connectivity index (χ1n) is 3.43. The maximum absolute atomic E-state index is 2.99. The summed E-state index contributed by atoms with van der Waals surface area (Å²) in [5, 5.41) is 0. The molecule has 0 aromatic rings. The van der Waals surface area contributed by atoms with Crippen LogP contribution in [-0.4, -0.2) is 0 Å². The van der Waals surface area contributed by atoms with Gasteiger partial charge in [-0.05, 0) is 0 Å². The molecule has 0 aliphatic heterocycles. The van der Waals surface area contributed by atoms with E-state index in [-0.39, 0.29) is 65.9 Å². The monoisotopic (exact) mass is 322 g/mol. The Labute approximate surface area is 127 Å². The summed E-state index contributed by atoms with van der Waals surface area (Å²) in [6.07, 6.45) is 20.0. The van der Waals surface area contributed by atoms with Crippen molar-refractivity contribution in [2.75, 3.05) is 0 Å². The van der Waals surface area contributed by atoms with E-state index < -0.39 is 0 Å². The van der Waals surface area contributed by atoms with E-state index in [1.807, 2.05) is 24.3 Å². The van der Waals surface area contributed by atoms with Gasteiger partial charge in [-0.2, -0.15) is 12.2 Å². The summed E-state index contributed by atoms with van der Waals surface area (Å²) in [4.78, 5) is 0. The zero-order valence-corrected chi connectivity index (χ0v) is 13.3. The predicted octanol–water partition coefficient (Wildman–Crippen LogP) is 4.35. The topological polar surface area (TPSA) is 0 Å². The molecule has 0 saturated heterocycles. The van der Waals surface area contributed by atoms with Gasteiger partial charge in [-0.3, -0.25) is 12.2 Å². The third kappa shape index (κ3) is 20.5. The number of hydrogen-bond donors (Lipinski definition) is 0. The maximum Gasteiger partial charge on any atom is 4.00 e. The molecule has 0 radical (unpaired) electrons. The maximum atomic E-state index is 2.99. The van der Waals surface area contributed by atoms with Gasteiger partial charge in [0.25, 0.3) is 0 Å².